The third-order valence-electron chi connectivity index (χ3n) is 4.99. The van der Waals surface area contributed by atoms with Crippen LogP contribution in [0, 0.1) is 6.92 Å². The minimum Gasteiger partial charge on any atom is -0.497 e. The molecule has 1 amide bonds. The molecule has 4 rings (SSSR count). The molecule has 0 bridgehead atoms. The third-order valence-corrected chi connectivity index (χ3v) is 5.66. The van der Waals surface area contributed by atoms with Gasteiger partial charge < -0.3 is 20.3 Å². The number of nitrogens with zero attached hydrogens (tertiary/aromatic N) is 4. The Hall–Kier alpha value is -3.79. The first-order chi connectivity index (χ1) is 16.0. The number of benzene rings is 2. The van der Waals surface area contributed by atoms with Crippen molar-refractivity contribution < 1.29 is 14.1 Å². The number of carbonyl (C=O) groups excluding carboxylic acids is 1. The first kappa shape index (κ1) is 22.4. The molecule has 10 heteroatoms. The molecule has 0 aliphatic rings. The van der Waals surface area contributed by atoms with Crippen molar-refractivity contribution in [1.29, 1.82) is 0 Å². The first-order valence-corrected chi connectivity index (χ1v) is 11.4. The van der Waals surface area contributed by atoms with Crippen LogP contribution in [0.1, 0.15) is 11.1 Å². The molecule has 0 aliphatic heterocycles. The summed E-state index contributed by atoms with van der Waals surface area (Å²) >= 11 is 1.39. The van der Waals surface area contributed by atoms with Crippen LogP contribution in [-0.2, 0) is 17.9 Å². The van der Waals surface area contributed by atoms with Crippen molar-refractivity contribution in [1.82, 2.24) is 25.2 Å². The molecule has 0 saturated carbocycles. The van der Waals surface area contributed by atoms with Crippen molar-refractivity contribution in [3.63, 3.8) is 0 Å². The predicted octanol–water partition coefficient (Wildman–Crippen LogP) is 3.54. The number of rotatable bonds is 8. The van der Waals surface area contributed by atoms with E-state index in [2.05, 4.69) is 20.6 Å². The predicted molar refractivity (Wildman–Crippen MR) is 127 cm³/mol. The molecule has 9 nitrogen and oxygen atoms in total. The van der Waals surface area contributed by atoms with Crippen molar-refractivity contribution >= 4 is 23.5 Å². The van der Waals surface area contributed by atoms with Gasteiger partial charge in [0.2, 0.25) is 11.7 Å². The third kappa shape index (κ3) is 5.01. The van der Waals surface area contributed by atoms with Gasteiger partial charge in [0.25, 0.3) is 5.89 Å². The van der Waals surface area contributed by atoms with Gasteiger partial charge in [0.05, 0.1) is 7.11 Å². The number of aryl methyl sites for hydroxylation is 1. The summed E-state index contributed by atoms with van der Waals surface area (Å²) in [5, 5.41) is 12.0. The molecule has 0 fully saturated rings. The van der Waals surface area contributed by atoms with Gasteiger partial charge in [-0.05, 0) is 36.9 Å². The van der Waals surface area contributed by atoms with Crippen molar-refractivity contribution in [2.24, 2.45) is 0 Å². The van der Waals surface area contributed by atoms with Crippen LogP contribution in [0.25, 0.3) is 22.8 Å². The molecule has 2 aromatic heterocycles. The van der Waals surface area contributed by atoms with Crippen LogP contribution in [0.15, 0.2) is 58.1 Å². The summed E-state index contributed by atoms with van der Waals surface area (Å²) in [5.74, 6) is 1.52. The number of hydrogen-bond donors (Lipinski definition) is 2. The molecule has 0 unspecified atom stereocenters. The van der Waals surface area contributed by atoms with Gasteiger partial charge >= 0.3 is 0 Å². The Kier molecular flexibility index (Phi) is 6.64. The lowest BCUT2D eigenvalue weighted by molar-refractivity contribution is -0.122. The molecule has 0 spiro atoms. The summed E-state index contributed by atoms with van der Waals surface area (Å²) in [6.45, 7) is 2.32. The highest BCUT2D eigenvalue weighted by atomic mass is 32.2. The maximum atomic E-state index is 12.5. The average molecular weight is 465 g/mol. The minimum atomic E-state index is -0.225. The molecule has 3 N–H and O–H groups in total. The van der Waals surface area contributed by atoms with E-state index < -0.39 is 0 Å². The van der Waals surface area contributed by atoms with Crippen LogP contribution in [0.4, 0.5) is 5.82 Å². The number of methoxy groups -OCH3 is 1. The number of nitrogens with two attached hydrogens (primary N) is 1. The minimum absolute atomic E-state index is 0.0394. The number of nitrogens with one attached hydrogen (secondary N) is 1. The van der Waals surface area contributed by atoms with Gasteiger partial charge in [0, 0.05) is 12.1 Å². The second-order valence-electron chi connectivity index (χ2n) is 7.35. The summed E-state index contributed by atoms with van der Waals surface area (Å²) < 4.78 is 12.2. The first-order valence-electron chi connectivity index (χ1n) is 10.2. The van der Waals surface area contributed by atoms with Gasteiger partial charge in [-0.15, -0.1) is 11.8 Å². The van der Waals surface area contributed by atoms with E-state index in [1.54, 1.807) is 7.11 Å². The van der Waals surface area contributed by atoms with E-state index in [0.717, 1.165) is 22.4 Å². The van der Waals surface area contributed by atoms with Crippen LogP contribution < -0.4 is 15.8 Å². The number of hydrogen-bond acceptors (Lipinski definition) is 8. The van der Waals surface area contributed by atoms with Gasteiger partial charge in [-0.2, -0.15) is 10.1 Å². The van der Waals surface area contributed by atoms with E-state index in [1.165, 1.54) is 16.4 Å². The normalized spacial score (nSPS) is 10.9. The van der Waals surface area contributed by atoms with E-state index in [-0.39, 0.29) is 24.2 Å². The maximum absolute atomic E-state index is 12.5. The second-order valence-corrected chi connectivity index (χ2v) is 8.14. The fraction of sp³-hybridized carbons (Fsp3) is 0.217. The molecule has 0 atom stereocenters. The van der Waals surface area contributed by atoms with Crippen LogP contribution >= 0.6 is 11.8 Å². The smallest absolute Gasteiger partial charge is 0.264 e. The molecule has 0 saturated heterocycles. The van der Waals surface area contributed by atoms with Crippen LogP contribution in [0.2, 0.25) is 0 Å². The molecular formula is C23H24N6O3S. The Morgan fingerprint density at radius 3 is 2.82 bits per heavy atom. The summed E-state index contributed by atoms with van der Waals surface area (Å²) in [7, 11) is 1.60. The fourth-order valence-corrected chi connectivity index (χ4v) is 3.89. The zero-order valence-corrected chi connectivity index (χ0v) is 19.3. The summed E-state index contributed by atoms with van der Waals surface area (Å²) in [6.07, 6.45) is 1.87. The molecule has 170 valence electrons. The summed E-state index contributed by atoms with van der Waals surface area (Å²) in [6, 6.07) is 15.3. The number of nitrogen functional groups attached to an aromatic ring is 1. The van der Waals surface area contributed by atoms with Crippen LogP contribution in [-0.4, -0.2) is 39.2 Å². The Morgan fingerprint density at radius 2 is 2.06 bits per heavy atom. The molecule has 33 heavy (non-hydrogen) atoms. The van der Waals surface area contributed by atoms with Crippen LogP contribution in [0.3, 0.4) is 0 Å². The molecule has 0 aliphatic carbocycles. The summed E-state index contributed by atoms with van der Waals surface area (Å²) in [5.41, 5.74) is 9.73. The second kappa shape index (κ2) is 9.78. The van der Waals surface area contributed by atoms with Crippen LogP contribution in [0.5, 0.6) is 5.75 Å². The van der Waals surface area contributed by atoms with Gasteiger partial charge in [-0.3, -0.25) is 4.79 Å². The van der Waals surface area contributed by atoms with Crippen molar-refractivity contribution in [3.8, 4) is 28.6 Å². The van der Waals surface area contributed by atoms with Gasteiger partial charge in [-0.1, -0.05) is 41.1 Å². The number of amides is 1. The number of thioether (sulfide) groups is 1. The monoisotopic (exact) mass is 464 g/mol. The van der Waals surface area contributed by atoms with E-state index in [9.17, 15) is 4.79 Å². The van der Waals surface area contributed by atoms with Gasteiger partial charge in [0.15, 0.2) is 0 Å². The Morgan fingerprint density at radius 1 is 1.24 bits per heavy atom. The van der Waals surface area contributed by atoms with E-state index >= 15 is 0 Å². The molecule has 4 aromatic rings. The largest absolute Gasteiger partial charge is 0.497 e. The lowest BCUT2D eigenvalue weighted by Crippen LogP contribution is -2.28. The highest BCUT2D eigenvalue weighted by Gasteiger charge is 2.23. The lowest BCUT2D eigenvalue weighted by Gasteiger charge is -2.08. The Labute approximate surface area is 195 Å². The maximum Gasteiger partial charge on any atom is 0.264 e. The number of anilines is 1. The number of carbonyl (C=O) groups is 1. The standard InChI is InChI=1S/C23H24N6O3S/c1-14-6-4-8-16(10-14)21-26-22(32-28-21)19-20(24)29(27-23(19)33-3)13-18(30)25-12-15-7-5-9-17(11-15)31-2/h4-11H,12-13,24H2,1-3H3,(H,25,30). The highest BCUT2D eigenvalue weighted by molar-refractivity contribution is 7.98. The highest BCUT2D eigenvalue weighted by Crippen LogP contribution is 2.34. The Balaban J connectivity index is 1.51. The zero-order valence-electron chi connectivity index (χ0n) is 18.5. The summed E-state index contributed by atoms with van der Waals surface area (Å²) in [4.78, 5) is 17.1. The van der Waals surface area contributed by atoms with Crippen molar-refractivity contribution in [2.75, 3.05) is 19.1 Å². The Bertz CT molecular complexity index is 1280. The van der Waals surface area contributed by atoms with Gasteiger partial charge in [-0.25, -0.2) is 4.68 Å². The fourth-order valence-electron chi connectivity index (χ4n) is 3.32. The van der Waals surface area contributed by atoms with Gasteiger partial charge in [0.1, 0.15) is 28.7 Å². The quantitative estimate of drug-likeness (QED) is 0.380. The van der Waals surface area contributed by atoms with Crippen molar-refractivity contribution in [2.45, 2.75) is 25.0 Å². The van der Waals surface area contributed by atoms with E-state index in [4.69, 9.17) is 15.0 Å². The van der Waals surface area contributed by atoms with E-state index in [1.807, 2.05) is 61.7 Å². The molecular weight excluding hydrogens is 440 g/mol. The van der Waals surface area contributed by atoms with Crippen molar-refractivity contribution in [3.05, 3.63) is 59.7 Å². The molecule has 2 heterocycles. The SMILES string of the molecule is COc1cccc(CNC(=O)Cn2nc(SC)c(-c3nc(-c4cccc(C)c4)no3)c2N)c1. The lowest BCUT2D eigenvalue weighted by atomic mass is 10.1. The zero-order chi connectivity index (χ0) is 23.4. The van der Waals surface area contributed by atoms with E-state index in [0.29, 0.717) is 23.0 Å². The molecule has 0 radical (unpaired) electrons. The molecule has 2 aromatic carbocycles. The topological polar surface area (TPSA) is 121 Å². The average Bonchev–Trinajstić information content (AvgIpc) is 3.42. The number of ether oxygens (including phenoxy) is 1. The number of aromatic nitrogens is 4.